The van der Waals surface area contributed by atoms with Crippen LogP contribution in [-0.4, -0.2) is 7.11 Å². The van der Waals surface area contributed by atoms with Gasteiger partial charge in [-0.1, -0.05) is 42.5 Å². The summed E-state index contributed by atoms with van der Waals surface area (Å²) in [6.07, 6.45) is 0. The maximum Gasteiger partial charge on any atom is 0.123 e. The first-order valence-electron chi connectivity index (χ1n) is 5.40. The van der Waals surface area contributed by atoms with Gasteiger partial charge < -0.3 is 4.84 Å². The highest BCUT2D eigenvalue weighted by Crippen LogP contribution is 2.21. The molecular weight excluding hydrogens is 217 g/mol. The highest BCUT2D eigenvalue weighted by atomic mass is 19.1. The first-order chi connectivity index (χ1) is 8.31. The number of rotatable bonds is 4. The van der Waals surface area contributed by atoms with Gasteiger partial charge in [-0.15, -0.1) is 0 Å². The smallest absolute Gasteiger partial charge is 0.123 e. The lowest BCUT2D eigenvalue weighted by Crippen LogP contribution is -2.21. The highest BCUT2D eigenvalue weighted by Gasteiger charge is 2.12. The summed E-state index contributed by atoms with van der Waals surface area (Å²) in [6.45, 7) is 0. The van der Waals surface area contributed by atoms with Crippen LogP contribution in [0.25, 0.3) is 0 Å². The van der Waals surface area contributed by atoms with Crippen LogP contribution in [0.3, 0.4) is 0 Å². The van der Waals surface area contributed by atoms with Crippen molar-refractivity contribution in [1.82, 2.24) is 5.48 Å². The van der Waals surface area contributed by atoms with Crippen molar-refractivity contribution in [3.05, 3.63) is 71.5 Å². The normalized spacial score (nSPS) is 12.4. The van der Waals surface area contributed by atoms with E-state index in [1.54, 1.807) is 19.2 Å². The summed E-state index contributed by atoms with van der Waals surface area (Å²) in [5.41, 5.74) is 4.94. The van der Waals surface area contributed by atoms with Crippen LogP contribution in [0.15, 0.2) is 54.6 Å². The predicted octanol–water partition coefficient (Wildman–Crippen LogP) is 3.07. The van der Waals surface area contributed by atoms with E-state index in [0.717, 1.165) is 11.1 Å². The van der Waals surface area contributed by atoms with E-state index in [1.807, 2.05) is 30.3 Å². The van der Waals surface area contributed by atoms with Crippen molar-refractivity contribution in [3.8, 4) is 0 Å². The standard InChI is InChI=1S/C14H14FNO/c1-17-16-14(11-5-3-2-4-6-11)12-7-9-13(15)10-8-12/h2-10,14,16H,1H3. The summed E-state index contributed by atoms with van der Waals surface area (Å²) < 4.78 is 12.9. The Morgan fingerprint density at radius 2 is 1.53 bits per heavy atom. The number of nitrogens with one attached hydrogen (secondary N) is 1. The summed E-state index contributed by atoms with van der Waals surface area (Å²) in [7, 11) is 1.57. The van der Waals surface area contributed by atoms with E-state index in [-0.39, 0.29) is 11.9 Å². The lowest BCUT2D eigenvalue weighted by molar-refractivity contribution is 0.0716. The Morgan fingerprint density at radius 1 is 0.941 bits per heavy atom. The number of benzene rings is 2. The van der Waals surface area contributed by atoms with Crippen molar-refractivity contribution in [3.63, 3.8) is 0 Å². The minimum absolute atomic E-state index is 0.0956. The van der Waals surface area contributed by atoms with E-state index in [2.05, 4.69) is 5.48 Å². The molecule has 88 valence electrons. The summed E-state index contributed by atoms with van der Waals surface area (Å²) in [4.78, 5) is 5.00. The van der Waals surface area contributed by atoms with Crippen LogP contribution in [-0.2, 0) is 4.84 Å². The summed E-state index contributed by atoms with van der Waals surface area (Å²) in [5.74, 6) is -0.238. The van der Waals surface area contributed by atoms with E-state index in [4.69, 9.17) is 4.84 Å². The monoisotopic (exact) mass is 231 g/mol. The van der Waals surface area contributed by atoms with Crippen LogP contribution in [0.1, 0.15) is 17.2 Å². The highest BCUT2D eigenvalue weighted by molar-refractivity contribution is 5.31. The van der Waals surface area contributed by atoms with Gasteiger partial charge in [-0.2, -0.15) is 5.48 Å². The Morgan fingerprint density at radius 3 is 2.12 bits per heavy atom. The third-order valence-electron chi connectivity index (χ3n) is 2.57. The van der Waals surface area contributed by atoms with E-state index < -0.39 is 0 Å². The number of hydrogen-bond donors (Lipinski definition) is 1. The minimum Gasteiger partial charge on any atom is -0.304 e. The molecule has 1 N–H and O–H groups in total. The molecule has 0 heterocycles. The molecule has 0 amide bonds. The predicted molar refractivity (Wildman–Crippen MR) is 64.8 cm³/mol. The van der Waals surface area contributed by atoms with Gasteiger partial charge in [0.1, 0.15) is 5.82 Å². The molecule has 2 aromatic carbocycles. The molecule has 0 saturated heterocycles. The molecule has 0 radical (unpaired) electrons. The van der Waals surface area contributed by atoms with Crippen molar-refractivity contribution in [1.29, 1.82) is 0 Å². The second kappa shape index (κ2) is 5.57. The Labute approximate surface area is 100 Å². The first kappa shape index (κ1) is 11.8. The zero-order valence-electron chi connectivity index (χ0n) is 9.56. The fourth-order valence-electron chi connectivity index (χ4n) is 1.75. The lowest BCUT2D eigenvalue weighted by atomic mass is 10.00. The second-order valence-corrected chi connectivity index (χ2v) is 3.72. The average molecular weight is 231 g/mol. The van der Waals surface area contributed by atoms with Crippen molar-refractivity contribution in [2.24, 2.45) is 0 Å². The number of hydrogen-bond acceptors (Lipinski definition) is 2. The zero-order valence-corrected chi connectivity index (χ0v) is 9.56. The van der Waals surface area contributed by atoms with E-state index in [9.17, 15) is 4.39 Å². The molecule has 0 bridgehead atoms. The summed E-state index contributed by atoms with van der Waals surface area (Å²) in [6, 6.07) is 16.2. The molecule has 1 unspecified atom stereocenters. The van der Waals surface area contributed by atoms with Crippen LogP contribution in [0.5, 0.6) is 0 Å². The third kappa shape index (κ3) is 2.90. The molecule has 0 aliphatic carbocycles. The zero-order chi connectivity index (χ0) is 12.1. The molecule has 2 aromatic rings. The van der Waals surface area contributed by atoms with Crippen molar-refractivity contribution >= 4 is 0 Å². The third-order valence-corrected chi connectivity index (χ3v) is 2.57. The van der Waals surface area contributed by atoms with Gasteiger partial charge in [-0.3, -0.25) is 0 Å². The van der Waals surface area contributed by atoms with E-state index >= 15 is 0 Å². The molecule has 0 spiro atoms. The van der Waals surface area contributed by atoms with Crippen molar-refractivity contribution in [2.45, 2.75) is 6.04 Å². The fraction of sp³-hybridized carbons (Fsp3) is 0.143. The molecule has 3 heteroatoms. The van der Waals surface area contributed by atoms with Crippen molar-refractivity contribution < 1.29 is 9.23 Å². The van der Waals surface area contributed by atoms with Crippen molar-refractivity contribution in [2.75, 3.05) is 7.11 Å². The van der Waals surface area contributed by atoms with Crippen LogP contribution in [0.2, 0.25) is 0 Å². The van der Waals surface area contributed by atoms with Gasteiger partial charge in [0, 0.05) is 0 Å². The quantitative estimate of drug-likeness (QED) is 0.816. The number of halogens is 1. The van der Waals surface area contributed by atoms with Gasteiger partial charge in [0.2, 0.25) is 0 Å². The van der Waals surface area contributed by atoms with Gasteiger partial charge >= 0.3 is 0 Å². The Hall–Kier alpha value is -1.71. The largest absolute Gasteiger partial charge is 0.304 e. The molecule has 0 aliphatic heterocycles. The van der Waals surface area contributed by atoms with Crippen LogP contribution in [0, 0.1) is 5.82 Å². The second-order valence-electron chi connectivity index (χ2n) is 3.72. The van der Waals surface area contributed by atoms with Crippen LogP contribution in [0.4, 0.5) is 4.39 Å². The summed E-state index contributed by atoms with van der Waals surface area (Å²) in [5, 5.41) is 0. The molecule has 17 heavy (non-hydrogen) atoms. The lowest BCUT2D eigenvalue weighted by Gasteiger charge is -2.18. The molecule has 2 nitrogen and oxygen atoms in total. The van der Waals surface area contributed by atoms with Gasteiger partial charge in [-0.25, -0.2) is 4.39 Å². The SMILES string of the molecule is CONC(c1ccccc1)c1ccc(F)cc1. The van der Waals surface area contributed by atoms with Gasteiger partial charge in [0.15, 0.2) is 0 Å². The average Bonchev–Trinajstić information content (AvgIpc) is 2.38. The van der Waals surface area contributed by atoms with Crippen LogP contribution >= 0.6 is 0 Å². The Balaban J connectivity index is 2.32. The molecule has 0 saturated carbocycles. The fourth-order valence-corrected chi connectivity index (χ4v) is 1.75. The molecule has 1 atom stereocenters. The Kier molecular flexibility index (Phi) is 3.85. The molecule has 0 aromatic heterocycles. The minimum atomic E-state index is -0.238. The molecule has 0 aliphatic rings. The number of hydroxylamine groups is 1. The maximum absolute atomic E-state index is 12.9. The van der Waals surface area contributed by atoms with E-state index in [1.165, 1.54) is 12.1 Å². The maximum atomic E-state index is 12.9. The molecular formula is C14H14FNO. The Bertz CT molecular complexity index is 455. The topological polar surface area (TPSA) is 21.3 Å². The van der Waals surface area contributed by atoms with Gasteiger partial charge in [0.25, 0.3) is 0 Å². The molecule has 2 rings (SSSR count). The summed E-state index contributed by atoms with van der Waals surface area (Å²) >= 11 is 0. The van der Waals surface area contributed by atoms with Gasteiger partial charge in [0.05, 0.1) is 13.2 Å². The molecule has 0 fully saturated rings. The van der Waals surface area contributed by atoms with Crippen LogP contribution < -0.4 is 5.48 Å². The van der Waals surface area contributed by atoms with Gasteiger partial charge in [-0.05, 0) is 23.3 Å². The first-order valence-corrected chi connectivity index (χ1v) is 5.40. The van der Waals surface area contributed by atoms with E-state index in [0.29, 0.717) is 0 Å².